The average molecular weight is 638 g/mol. The van der Waals surface area contributed by atoms with Gasteiger partial charge in [-0.05, 0) is 74.4 Å². The van der Waals surface area contributed by atoms with E-state index in [2.05, 4.69) is 10.6 Å². The molecule has 1 atom stereocenters. The van der Waals surface area contributed by atoms with Gasteiger partial charge in [0.2, 0.25) is 0 Å². The maximum atomic E-state index is 13.2. The molecule has 0 aromatic heterocycles. The number of hydrogen-bond donors (Lipinski definition) is 4. The second-order valence-corrected chi connectivity index (χ2v) is 11.8. The Labute approximate surface area is 267 Å². The van der Waals surface area contributed by atoms with E-state index < -0.39 is 35.6 Å². The first-order valence-corrected chi connectivity index (χ1v) is 14.4. The van der Waals surface area contributed by atoms with Gasteiger partial charge in [-0.1, -0.05) is 30.3 Å². The van der Waals surface area contributed by atoms with Gasteiger partial charge < -0.3 is 35.1 Å². The average Bonchev–Trinajstić information content (AvgIpc) is 2.99. The minimum absolute atomic E-state index is 0.0423. The Morgan fingerprint density at radius 3 is 2.26 bits per heavy atom. The summed E-state index contributed by atoms with van der Waals surface area (Å²) in [6.07, 6.45) is -0.911. The van der Waals surface area contributed by atoms with Crippen molar-refractivity contribution in [2.75, 3.05) is 5.32 Å². The molecule has 12 heteroatoms. The molecule has 0 saturated carbocycles. The third-order valence-corrected chi connectivity index (χ3v) is 7.09. The molecule has 0 radical (unpaired) electrons. The summed E-state index contributed by atoms with van der Waals surface area (Å²) in [7, 11) is 0. The Balaban J connectivity index is 1.40. The zero-order chi connectivity index (χ0) is 34.0. The number of carbonyl (C=O) groups excluding carboxylic acids is 2. The van der Waals surface area contributed by atoms with Crippen LogP contribution in [0.4, 0.5) is 10.5 Å². The summed E-state index contributed by atoms with van der Waals surface area (Å²) in [5.41, 5.74) is 0.909. The number of benzene rings is 4. The van der Waals surface area contributed by atoms with E-state index in [4.69, 9.17) is 9.15 Å². The van der Waals surface area contributed by atoms with Crippen molar-refractivity contribution in [1.82, 2.24) is 5.32 Å². The molecule has 3 aromatic rings. The third-order valence-electron chi connectivity index (χ3n) is 7.09. The van der Waals surface area contributed by atoms with Crippen LogP contribution in [0.15, 0.2) is 88.1 Å². The molecular formula is C35H29N2O10-. The molecule has 47 heavy (non-hydrogen) atoms. The summed E-state index contributed by atoms with van der Waals surface area (Å²) in [4.78, 5) is 61.5. The van der Waals surface area contributed by atoms with Crippen LogP contribution in [0.2, 0.25) is 0 Å². The maximum Gasteiger partial charge on any atom is 0.408 e. The number of rotatable bonds is 8. The van der Waals surface area contributed by atoms with E-state index in [1.807, 2.05) is 0 Å². The number of carboxylic acids is 2. The Morgan fingerprint density at radius 2 is 1.60 bits per heavy atom. The molecule has 0 fully saturated rings. The quantitative estimate of drug-likeness (QED) is 0.166. The van der Waals surface area contributed by atoms with Crippen molar-refractivity contribution in [3.8, 4) is 28.2 Å². The highest BCUT2D eigenvalue weighted by molar-refractivity contribution is 6.10. The fourth-order valence-corrected chi connectivity index (χ4v) is 5.03. The topological polar surface area (TPSA) is 195 Å². The van der Waals surface area contributed by atoms with E-state index in [0.29, 0.717) is 27.8 Å². The Bertz CT molecular complexity index is 2060. The third kappa shape index (κ3) is 7.39. The number of hydrogen-bond acceptors (Lipinski definition) is 8. The lowest BCUT2D eigenvalue weighted by Crippen LogP contribution is -2.44. The molecule has 1 heterocycles. The van der Waals surface area contributed by atoms with Crippen LogP contribution < -0.4 is 21.2 Å². The van der Waals surface area contributed by atoms with Crippen molar-refractivity contribution in [3.63, 3.8) is 0 Å². The van der Waals surface area contributed by atoms with E-state index in [1.165, 1.54) is 54.6 Å². The van der Waals surface area contributed by atoms with Crippen molar-refractivity contribution in [2.45, 2.75) is 38.8 Å². The molecule has 0 unspecified atom stereocenters. The maximum absolute atomic E-state index is 13.2. The van der Waals surface area contributed by atoms with Crippen LogP contribution in [0.1, 0.15) is 47.1 Å². The largest absolute Gasteiger partial charge is 0.872 e. The summed E-state index contributed by atoms with van der Waals surface area (Å²) in [6.45, 7) is 4.98. The minimum Gasteiger partial charge on any atom is -0.872 e. The van der Waals surface area contributed by atoms with Crippen molar-refractivity contribution >= 4 is 40.6 Å². The highest BCUT2D eigenvalue weighted by atomic mass is 16.6. The van der Waals surface area contributed by atoms with Crippen LogP contribution in [0.5, 0.6) is 5.75 Å². The van der Waals surface area contributed by atoms with E-state index in [0.717, 1.165) is 0 Å². The number of carboxylic acid groups (broad SMARTS) is 2. The number of nitrogens with one attached hydrogen (secondary N) is 2. The number of aromatic carboxylic acids is 1. The molecule has 240 valence electrons. The molecule has 0 saturated heterocycles. The fourth-order valence-electron chi connectivity index (χ4n) is 5.03. The lowest BCUT2D eigenvalue weighted by molar-refractivity contribution is -0.268. The van der Waals surface area contributed by atoms with Gasteiger partial charge in [-0.2, -0.15) is 0 Å². The van der Waals surface area contributed by atoms with Crippen LogP contribution in [0, 0.1) is 0 Å². The predicted molar refractivity (Wildman–Crippen MR) is 170 cm³/mol. The van der Waals surface area contributed by atoms with Crippen LogP contribution in [0.3, 0.4) is 0 Å². The summed E-state index contributed by atoms with van der Waals surface area (Å²) in [6, 6.07) is 17.4. The van der Waals surface area contributed by atoms with Gasteiger partial charge in [0.25, 0.3) is 5.91 Å². The molecule has 1 aliphatic heterocycles. The fraction of sp³-hybridized carbons (Fsp3) is 0.171. The smallest absolute Gasteiger partial charge is 0.408 e. The molecule has 1 aliphatic carbocycles. The van der Waals surface area contributed by atoms with E-state index in [1.54, 1.807) is 45.0 Å². The molecule has 0 bridgehead atoms. The van der Waals surface area contributed by atoms with Gasteiger partial charge in [-0.25, -0.2) is 14.4 Å². The van der Waals surface area contributed by atoms with Gasteiger partial charge in [0, 0.05) is 40.3 Å². The highest BCUT2D eigenvalue weighted by Gasteiger charge is 2.25. The van der Waals surface area contributed by atoms with Crippen molar-refractivity contribution in [1.29, 1.82) is 0 Å². The van der Waals surface area contributed by atoms with Crippen molar-refractivity contribution in [2.24, 2.45) is 0 Å². The predicted octanol–water partition coefficient (Wildman–Crippen LogP) is 5.11. The van der Waals surface area contributed by atoms with Gasteiger partial charge in [0.15, 0.2) is 5.43 Å². The van der Waals surface area contributed by atoms with Crippen LogP contribution >= 0.6 is 0 Å². The normalized spacial score (nSPS) is 12.0. The summed E-state index contributed by atoms with van der Waals surface area (Å²) in [5.74, 6) is -3.33. The first kappa shape index (κ1) is 32.2. The summed E-state index contributed by atoms with van der Waals surface area (Å²) >= 11 is 0. The van der Waals surface area contributed by atoms with Crippen molar-refractivity contribution < 1.29 is 43.7 Å². The second kappa shape index (κ2) is 12.7. The minimum atomic E-state index is -1.31. The van der Waals surface area contributed by atoms with Gasteiger partial charge in [0.1, 0.15) is 23.0 Å². The van der Waals surface area contributed by atoms with Gasteiger partial charge in [0.05, 0.1) is 5.56 Å². The highest BCUT2D eigenvalue weighted by Crippen LogP contribution is 2.42. The molecule has 12 nitrogen and oxygen atoms in total. The number of fused-ring (bicyclic) bond motifs is 2. The SMILES string of the molecule is CC(C)(C)OC(=O)N[C@@H](Cc1ccc(NC(=O)c2ccc(-c3c4ccc(=O)cc-4oc4cc([O-])ccc34)c(C(=O)O)c2)cc1)C(=O)O. The molecular weight excluding hydrogens is 608 g/mol. The van der Waals surface area contributed by atoms with E-state index in [9.17, 15) is 39.3 Å². The second-order valence-electron chi connectivity index (χ2n) is 11.8. The van der Waals surface area contributed by atoms with E-state index in [-0.39, 0.29) is 45.6 Å². The molecule has 2 aliphatic rings. The molecule has 0 spiro atoms. The number of alkyl carbamates (subject to hydrolysis) is 1. The van der Waals surface area contributed by atoms with Crippen LogP contribution in [0.25, 0.3) is 33.4 Å². The molecule has 5 rings (SSSR count). The monoisotopic (exact) mass is 637 g/mol. The number of amides is 2. The lowest BCUT2D eigenvalue weighted by Gasteiger charge is -2.22. The summed E-state index contributed by atoms with van der Waals surface area (Å²) in [5, 5.41) is 37.3. The van der Waals surface area contributed by atoms with Gasteiger partial charge in [-0.15, -0.1) is 5.75 Å². The lowest BCUT2D eigenvalue weighted by atomic mass is 9.90. The van der Waals surface area contributed by atoms with Crippen molar-refractivity contribution in [3.05, 3.63) is 106 Å². The Hall–Kier alpha value is -6.17. The van der Waals surface area contributed by atoms with E-state index >= 15 is 0 Å². The molecule has 3 aromatic carbocycles. The number of aliphatic carboxylic acids is 1. The summed E-state index contributed by atoms with van der Waals surface area (Å²) < 4.78 is 10.9. The first-order valence-electron chi connectivity index (χ1n) is 14.4. The standard InChI is InChI=1S/C35H30N2O10/c1-35(2,3)47-34(45)37-27(33(43)44)14-18-4-7-20(8-5-18)36-31(40)19-6-11-23(26(15-19)32(41)42)30-24-12-9-21(38)16-28(24)46-29-17-22(39)10-13-25(29)30/h4-13,15-17,27,38H,14H2,1-3H3,(H,36,40)(H,37,45)(H,41,42)(H,43,44)/p-1/t27-/m0/s1. The first-order chi connectivity index (χ1) is 22.2. The molecule has 4 N–H and O–H groups in total. The number of carbonyl (C=O) groups is 4. The van der Waals surface area contributed by atoms with Crippen LogP contribution in [-0.2, 0) is 16.0 Å². The van der Waals surface area contributed by atoms with Crippen LogP contribution in [-0.4, -0.2) is 45.8 Å². The number of anilines is 1. The molecule has 2 amide bonds. The van der Waals surface area contributed by atoms with Gasteiger partial charge >= 0.3 is 18.0 Å². The number of ether oxygens (including phenoxy) is 1. The zero-order valence-electron chi connectivity index (χ0n) is 25.5. The van der Waals surface area contributed by atoms with Gasteiger partial charge in [-0.3, -0.25) is 9.59 Å². The Kier molecular flexibility index (Phi) is 8.69. The zero-order valence-corrected chi connectivity index (χ0v) is 25.5. The Morgan fingerprint density at radius 1 is 0.894 bits per heavy atom.